The summed E-state index contributed by atoms with van der Waals surface area (Å²) in [6.07, 6.45) is 2.18. The van der Waals surface area contributed by atoms with E-state index >= 15 is 0 Å². The minimum atomic E-state index is 0.924. The Morgan fingerprint density at radius 1 is 0.952 bits per heavy atom. The summed E-state index contributed by atoms with van der Waals surface area (Å²) < 4.78 is 6.12. The van der Waals surface area contributed by atoms with Crippen LogP contribution in [0.1, 0.15) is 23.1 Å². The third-order valence-corrected chi connectivity index (χ3v) is 3.45. The molecule has 0 fully saturated rings. The van der Waals surface area contributed by atoms with Crippen molar-refractivity contribution in [2.24, 2.45) is 0 Å². The first kappa shape index (κ1) is 15.6. The largest absolute Gasteiger partial charge is 0.457 e. The van der Waals surface area contributed by atoms with Crippen LogP contribution in [0.15, 0.2) is 42.5 Å². The Balaban J connectivity index is 2.12. The third kappa shape index (κ3) is 4.91. The monoisotopic (exact) mass is 283 g/mol. The second-order valence-electron chi connectivity index (χ2n) is 5.94. The van der Waals surface area contributed by atoms with Crippen molar-refractivity contribution in [1.82, 2.24) is 4.90 Å². The van der Waals surface area contributed by atoms with Crippen LogP contribution < -0.4 is 4.74 Å². The number of aryl methyl sites for hydroxylation is 3. The standard InChI is InChI=1S/C19H25NO/c1-15-12-16(2)14-18(13-15)21-19-10-6-5-8-17(19)9-7-11-20(3)4/h5-6,8,10,12-14H,7,9,11H2,1-4H3. The fraction of sp³-hybridized carbons (Fsp3) is 0.368. The van der Waals surface area contributed by atoms with Gasteiger partial charge >= 0.3 is 0 Å². The van der Waals surface area contributed by atoms with Gasteiger partial charge in [0, 0.05) is 0 Å². The third-order valence-electron chi connectivity index (χ3n) is 3.45. The number of hydrogen-bond acceptors (Lipinski definition) is 2. The second kappa shape index (κ2) is 7.28. The van der Waals surface area contributed by atoms with Crippen molar-refractivity contribution in [2.75, 3.05) is 20.6 Å². The Morgan fingerprint density at radius 2 is 1.62 bits per heavy atom. The van der Waals surface area contributed by atoms with Gasteiger partial charge in [-0.2, -0.15) is 0 Å². The first-order valence-corrected chi connectivity index (χ1v) is 7.53. The van der Waals surface area contributed by atoms with Crippen LogP contribution in [0.4, 0.5) is 0 Å². The van der Waals surface area contributed by atoms with E-state index in [1.165, 1.54) is 16.7 Å². The molecule has 0 radical (unpaired) electrons. The van der Waals surface area contributed by atoms with Crippen LogP contribution in [-0.2, 0) is 6.42 Å². The van der Waals surface area contributed by atoms with Gasteiger partial charge in [-0.1, -0.05) is 24.3 Å². The van der Waals surface area contributed by atoms with E-state index in [1.807, 2.05) is 6.07 Å². The van der Waals surface area contributed by atoms with E-state index in [-0.39, 0.29) is 0 Å². The zero-order chi connectivity index (χ0) is 15.2. The Morgan fingerprint density at radius 3 is 2.29 bits per heavy atom. The Labute approximate surface area is 128 Å². The van der Waals surface area contributed by atoms with E-state index in [0.717, 1.165) is 30.9 Å². The van der Waals surface area contributed by atoms with E-state index in [9.17, 15) is 0 Å². The molecule has 0 N–H and O–H groups in total. The van der Waals surface area contributed by atoms with Crippen LogP contribution in [0.5, 0.6) is 11.5 Å². The van der Waals surface area contributed by atoms with Gasteiger partial charge in [0.05, 0.1) is 0 Å². The fourth-order valence-electron chi connectivity index (χ4n) is 2.51. The van der Waals surface area contributed by atoms with Gasteiger partial charge in [-0.25, -0.2) is 0 Å². The van der Waals surface area contributed by atoms with Gasteiger partial charge in [0.25, 0.3) is 0 Å². The van der Waals surface area contributed by atoms with E-state index in [4.69, 9.17) is 4.74 Å². The lowest BCUT2D eigenvalue weighted by Crippen LogP contribution is -2.13. The predicted molar refractivity (Wildman–Crippen MR) is 89.3 cm³/mol. The molecule has 2 aromatic carbocycles. The maximum absolute atomic E-state index is 6.12. The summed E-state index contributed by atoms with van der Waals surface area (Å²) in [5.74, 6) is 1.90. The molecule has 0 saturated heterocycles. The average molecular weight is 283 g/mol. The Hall–Kier alpha value is -1.80. The van der Waals surface area contributed by atoms with Crippen molar-refractivity contribution in [2.45, 2.75) is 26.7 Å². The van der Waals surface area contributed by atoms with Crippen molar-refractivity contribution >= 4 is 0 Å². The van der Waals surface area contributed by atoms with Crippen molar-refractivity contribution < 1.29 is 4.74 Å². The van der Waals surface area contributed by atoms with Gasteiger partial charge in [0.2, 0.25) is 0 Å². The van der Waals surface area contributed by atoms with Gasteiger partial charge in [0.1, 0.15) is 11.5 Å². The van der Waals surface area contributed by atoms with Gasteiger partial charge in [-0.05, 0) is 82.2 Å². The molecule has 0 atom stereocenters. The van der Waals surface area contributed by atoms with Crippen LogP contribution >= 0.6 is 0 Å². The minimum Gasteiger partial charge on any atom is -0.457 e. The van der Waals surface area contributed by atoms with Gasteiger partial charge < -0.3 is 9.64 Å². The average Bonchev–Trinajstić information content (AvgIpc) is 2.39. The van der Waals surface area contributed by atoms with E-state index in [1.54, 1.807) is 0 Å². The number of ether oxygens (including phenoxy) is 1. The summed E-state index contributed by atoms with van der Waals surface area (Å²) >= 11 is 0. The van der Waals surface area contributed by atoms with E-state index < -0.39 is 0 Å². The number of nitrogens with zero attached hydrogens (tertiary/aromatic N) is 1. The molecule has 0 aromatic heterocycles. The quantitative estimate of drug-likeness (QED) is 0.769. The molecule has 2 heteroatoms. The molecule has 0 heterocycles. The highest BCUT2D eigenvalue weighted by molar-refractivity contribution is 5.40. The molecule has 0 aliphatic carbocycles. The molecule has 0 amide bonds. The van der Waals surface area contributed by atoms with Crippen molar-refractivity contribution in [1.29, 1.82) is 0 Å². The maximum Gasteiger partial charge on any atom is 0.130 e. The first-order chi connectivity index (χ1) is 10.0. The number of rotatable bonds is 6. The zero-order valence-electron chi connectivity index (χ0n) is 13.5. The molecular weight excluding hydrogens is 258 g/mol. The van der Waals surface area contributed by atoms with Crippen LogP contribution in [0, 0.1) is 13.8 Å². The van der Waals surface area contributed by atoms with Crippen LogP contribution in [-0.4, -0.2) is 25.5 Å². The number of hydrogen-bond donors (Lipinski definition) is 0. The molecule has 0 bridgehead atoms. The highest BCUT2D eigenvalue weighted by Gasteiger charge is 2.05. The molecule has 21 heavy (non-hydrogen) atoms. The Kier molecular flexibility index (Phi) is 5.40. The molecule has 2 rings (SSSR count). The number of para-hydroxylation sites is 1. The molecule has 112 valence electrons. The smallest absolute Gasteiger partial charge is 0.130 e. The summed E-state index contributed by atoms with van der Waals surface area (Å²) in [6, 6.07) is 14.7. The molecule has 0 spiro atoms. The SMILES string of the molecule is Cc1cc(C)cc(Oc2ccccc2CCCN(C)C)c1. The molecule has 0 aliphatic rings. The van der Waals surface area contributed by atoms with Crippen molar-refractivity contribution in [3.8, 4) is 11.5 Å². The molecule has 0 aliphatic heterocycles. The summed E-state index contributed by atoms with van der Waals surface area (Å²) in [5.41, 5.74) is 3.74. The zero-order valence-corrected chi connectivity index (χ0v) is 13.5. The van der Waals surface area contributed by atoms with Crippen LogP contribution in [0.25, 0.3) is 0 Å². The predicted octanol–water partition coefficient (Wildman–Crippen LogP) is 4.59. The lowest BCUT2D eigenvalue weighted by atomic mass is 10.1. The highest BCUT2D eigenvalue weighted by Crippen LogP contribution is 2.27. The number of benzene rings is 2. The van der Waals surface area contributed by atoms with Crippen molar-refractivity contribution in [3.05, 3.63) is 59.2 Å². The fourth-order valence-corrected chi connectivity index (χ4v) is 2.51. The molecule has 2 aromatic rings. The van der Waals surface area contributed by atoms with Crippen LogP contribution in [0.3, 0.4) is 0 Å². The molecule has 0 saturated carbocycles. The molecule has 0 unspecified atom stereocenters. The van der Waals surface area contributed by atoms with Crippen molar-refractivity contribution in [3.63, 3.8) is 0 Å². The lowest BCUT2D eigenvalue weighted by molar-refractivity contribution is 0.398. The maximum atomic E-state index is 6.12. The molecule has 2 nitrogen and oxygen atoms in total. The highest BCUT2D eigenvalue weighted by atomic mass is 16.5. The van der Waals surface area contributed by atoms with E-state index in [0.29, 0.717) is 0 Å². The lowest BCUT2D eigenvalue weighted by Gasteiger charge is -2.13. The van der Waals surface area contributed by atoms with Crippen LogP contribution in [0.2, 0.25) is 0 Å². The van der Waals surface area contributed by atoms with E-state index in [2.05, 4.69) is 69.2 Å². The summed E-state index contributed by atoms with van der Waals surface area (Å²) in [5, 5.41) is 0. The summed E-state index contributed by atoms with van der Waals surface area (Å²) in [6.45, 7) is 5.30. The van der Waals surface area contributed by atoms with Gasteiger partial charge in [-0.15, -0.1) is 0 Å². The first-order valence-electron chi connectivity index (χ1n) is 7.53. The second-order valence-corrected chi connectivity index (χ2v) is 5.94. The normalized spacial score (nSPS) is 10.9. The summed E-state index contributed by atoms with van der Waals surface area (Å²) in [7, 11) is 4.22. The minimum absolute atomic E-state index is 0.924. The topological polar surface area (TPSA) is 12.5 Å². The Bertz CT molecular complexity index is 570. The summed E-state index contributed by atoms with van der Waals surface area (Å²) in [4.78, 5) is 2.22. The molecular formula is C19H25NO. The van der Waals surface area contributed by atoms with Gasteiger partial charge in [0.15, 0.2) is 0 Å². The van der Waals surface area contributed by atoms with Gasteiger partial charge in [-0.3, -0.25) is 0 Å².